The molecule has 0 unspecified atom stereocenters. The summed E-state index contributed by atoms with van der Waals surface area (Å²) in [4.78, 5) is 14.5. The Morgan fingerprint density at radius 3 is 2.58 bits per heavy atom. The number of carbonyl (C=O) groups excluding carboxylic acids is 1. The summed E-state index contributed by atoms with van der Waals surface area (Å²) in [6.45, 7) is 8.15. The minimum Gasteiger partial charge on any atom is -0.398 e. The van der Waals surface area contributed by atoms with E-state index in [4.69, 9.17) is 5.73 Å². The van der Waals surface area contributed by atoms with Crippen molar-refractivity contribution in [2.75, 3.05) is 18.8 Å². The van der Waals surface area contributed by atoms with Crippen LogP contribution in [0.15, 0.2) is 18.2 Å². The van der Waals surface area contributed by atoms with E-state index in [9.17, 15) is 4.79 Å². The highest BCUT2D eigenvalue weighted by atomic mass is 16.2. The first-order valence-corrected chi connectivity index (χ1v) is 7.17. The fourth-order valence-electron chi connectivity index (χ4n) is 2.98. The number of likely N-dealkylation sites (tertiary alicyclic amines) is 1. The molecule has 0 aromatic heterocycles. The maximum absolute atomic E-state index is 12.5. The number of nitrogens with zero attached hydrogens (tertiary/aromatic N) is 1. The van der Waals surface area contributed by atoms with E-state index >= 15 is 0 Å². The maximum atomic E-state index is 12.5. The normalized spacial score (nSPS) is 17.7. The molecular weight excluding hydrogens is 236 g/mol. The van der Waals surface area contributed by atoms with Crippen molar-refractivity contribution in [1.82, 2.24) is 4.90 Å². The van der Waals surface area contributed by atoms with Crippen LogP contribution in [0.4, 0.5) is 5.69 Å². The van der Waals surface area contributed by atoms with E-state index in [1.54, 1.807) is 0 Å². The molecule has 2 N–H and O–H groups in total. The number of amides is 1. The van der Waals surface area contributed by atoms with Gasteiger partial charge in [0.25, 0.3) is 5.91 Å². The Hall–Kier alpha value is -1.51. The summed E-state index contributed by atoms with van der Waals surface area (Å²) in [6.07, 6.45) is 3.38. The molecule has 1 aliphatic rings. The predicted octanol–water partition coefficient (Wildman–Crippen LogP) is 3.23. The molecule has 2 rings (SSSR count). The highest BCUT2D eigenvalue weighted by Crippen LogP contribution is 2.37. The van der Waals surface area contributed by atoms with Crippen molar-refractivity contribution in [2.45, 2.75) is 40.0 Å². The molecule has 0 radical (unpaired) electrons. The van der Waals surface area contributed by atoms with Crippen LogP contribution in [-0.4, -0.2) is 23.9 Å². The third-order valence-corrected chi connectivity index (χ3v) is 4.66. The summed E-state index contributed by atoms with van der Waals surface area (Å²) in [5.41, 5.74) is 8.62. The number of anilines is 1. The largest absolute Gasteiger partial charge is 0.398 e. The molecule has 0 atom stereocenters. The summed E-state index contributed by atoms with van der Waals surface area (Å²) >= 11 is 0. The Bertz CT molecular complexity index is 478. The van der Waals surface area contributed by atoms with Gasteiger partial charge < -0.3 is 10.6 Å². The minimum absolute atomic E-state index is 0.0845. The SMILES string of the molecule is CCC1(CC)CCN(C(=O)c2ccc(C)cc2N)C1. The van der Waals surface area contributed by atoms with Crippen molar-refractivity contribution in [2.24, 2.45) is 5.41 Å². The molecule has 104 valence electrons. The van der Waals surface area contributed by atoms with Crippen LogP contribution in [0.1, 0.15) is 49.0 Å². The van der Waals surface area contributed by atoms with Crippen LogP contribution < -0.4 is 5.73 Å². The lowest BCUT2D eigenvalue weighted by Gasteiger charge is -2.26. The molecule has 0 aliphatic carbocycles. The summed E-state index contributed by atoms with van der Waals surface area (Å²) in [7, 11) is 0. The van der Waals surface area contributed by atoms with Gasteiger partial charge in [-0.3, -0.25) is 4.79 Å². The number of rotatable bonds is 3. The number of benzene rings is 1. The standard InChI is InChI=1S/C16H24N2O/c1-4-16(5-2)8-9-18(11-16)15(19)13-7-6-12(3)10-14(13)17/h6-7,10H,4-5,8-9,11,17H2,1-3H3. The topological polar surface area (TPSA) is 46.3 Å². The van der Waals surface area contributed by atoms with Gasteiger partial charge in [-0.1, -0.05) is 19.9 Å². The van der Waals surface area contributed by atoms with Gasteiger partial charge in [0.15, 0.2) is 0 Å². The highest BCUT2D eigenvalue weighted by Gasteiger charge is 2.37. The van der Waals surface area contributed by atoms with E-state index in [0.29, 0.717) is 16.7 Å². The average molecular weight is 260 g/mol. The number of nitrogen functional groups attached to an aromatic ring is 1. The second-order valence-corrected chi connectivity index (χ2v) is 5.77. The first-order chi connectivity index (χ1) is 9.01. The Balaban J connectivity index is 2.17. The Kier molecular flexibility index (Phi) is 3.83. The van der Waals surface area contributed by atoms with E-state index in [0.717, 1.165) is 37.9 Å². The van der Waals surface area contributed by atoms with Crippen LogP contribution in [0.2, 0.25) is 0 Å². The molecule has 1 saturated heterocycles. The van der Waals surface area contributed by atoms with Gasteiger partial charge >= 0.3 is 0 Å². The van der Waals surface area contributed by atoms with Gasteiger partial charge in [0.1, 0.15) is 0 Å². The number of hydrogen-bond acceptors (Lipinski definition) is 2. The second kappa shape index (κ2) is 5.24. The van der Waals surface area contributed by atoms with Gasteiger partial charge in [0.05, 0.1) is 5.56 Å². The van der Waals surface area contributed by atoms with E-state index < -0.39 is 0 Å². The minimum atomic E-state index is 0.0845. The summed E-state index contributed by atoms with van der Waals surface area (Å²) in [5.74, 6) is 0.0845. The quantitative estimate of drug-likeness (QED) is 0.848. The van der Waals surface area contributed by atoms with Crippen LogP contribution in [0, 0.1) is 12.3 Å². The van der Waals surface area contributed by atoms with Crippen LogP contribution >= 0.6 is 0 Å². The zero-order chi connectivity index (χ0) is 14.0. The first kappa shape index (κ1) is 13.9. The van der Waals surface area contributed by atoms with Gasteiger partial charge in [-0.25, -0.2) is 0 Å². The molecule has 1 amide bonds. The molecule has 1 aromatic carbocycles. The van der Waals surface area contributed by atoms with Crippen LogP contribution in [0.5, 0.6) is 0 Å². The molecular formula is C16H24N2O. The second-order valence-electron chi connectivity index (χ2n) is 5.77. The Morgan fingerprint density at radius 2 is 2.05 bits per heavy atom. The number of nitrogens with two attached hydrogens (primary N) is 1. The molecule has 0 bridgehead atoms. The monoisotopic (exact) mass is 260 g/mol. The van der Waals surface area contributed by atoms with Crippen molar-refractivity contribution in [1.29, 1.82) is 0 Å². The number of hydrogen-bond donors (Lipinski definition) is 1. The van der Waals surface area contributed by atoms with Crippen LogP contribution in [0.25, 0.3) is 0 Å². The lowest BCUT2D eigenvalue weighted by atomic mass is 9.82. The van der Waals surface area contributed by atoms with Gasteiger partial charge in [0, 0.05) is 18.8 Å². The molecule has 1 aromatic rings. The Morgan fingerprint density at radius 1 is 1.37 bits per heavy atom. The maximum Gasteiger partial charge on any atom is 0.255 e. The zero-order valence-corrected chi connectivity index (χ0v) is 12.2. The molecule has 1 fully saturated rings. The van der Waals surface area contributed by atoms with E-state index in [2.05, 4.69) is 13.8 Å². The summed E-state index contributed by atoms with van der Waals surface area (Å²) in [6, 6.07) is 5.67. The van der Waals surface area contributed by atoms with Crippen molar-refractivity contribution >= 4 is 11.6 Å². The number of carbonyl (C=O) groups is 1. The first-order valence-electron chi connectivity index (χ1n) is 7.17. The zero-order valence-electron chi connectivity index (χ0n) is 12.2. The van der Waals surface area contributed by atoms with Gasteiger partial charge in [-0.05, 0) is 49.3 Å². The smallest absolute Gasteiger partial charge is 0.255 e. The van der Waals surface area contributed by atoms with Crippen molar-refractivity contribution in [3.63, 3.8) is 0 Å². The molecule has 3 nitrogen and oxygen atoms in total. The average Bonchev–Trinajstić information content (AvgIpc) is 2.83. The van der Waals surface area contributed by atoms with E-state index in [1.165, 1.54) is 0 Å². The van der Waals surface area contributed by atoms with E-state index in [-0.39, 0.29) is 5.91 Å². The number of aryl methyl sites for hydroxylation is 1. The molecule has 19 heavy (non-hydrogen) atoms. The fraction of sp³-hybridized carbons (Fsp3) is 0.562. The predicted molar refractivity (Wildman–Crippen MR) is 79.1 cm³/mol. The van der Waals surface area contributed by atoms with Gasteiger partial charge in [0.2, 0.25) is 0 Å². The van der Waals surface area contributed by atoms with E-state index in [1.807, 2.05) is 30.0 Å². The third kappa shape index (κ3) is 2.60. The third-order valence-electron chi connectivity index (χ3n) is 4.66. The molecule has 0 spiro atoms. The van der Waals surface area contributed by atoms with Crippen molar-refractivity contribution in [3.8, 4) is 0 Å². The van der Waals surface area contributed by atoms with Crippen LogP contribution in [0.3, 0.4) is 0 Å². The lowest BCUT2D eigenvalue weighted by Crippen LogP contribution is -2.32. The van der Waals surface area contributed by atoms with Crippen molar-refractivity contribution < 1.29 is 4.79 Å². The molecule has 0 saturated carbocycles. The van der Waals surface area contributed by atoms with Gasteiger partial charge in [-0.2, -0.15) is 0 Å². The lowest BCUT2D eigenvalue weighted by molar-refractivity contribution is 0.0771. The molecule has 3 heteroatoms. The molecule has 1 aliphatic heterocycles. The Labute approximate surface area is 115 Å². The van der Waals surface area contributed by atoms with Crippen LogP contribution in [-0.2, 0) is 0 Å². The van der Waals surface area contributed by atoms with Crippen molar-refractivity contribution in [3.05, 3.63) is 29.3 Å². The highest BCUT2D eigenvalue weighted by molar-refractivity contribution is 5.99. The summed E-state index contributed by atoms with van der Waals surface area (Å²) in [5, 5.41) is 0. The fourth-order valence-corrected chi connectivity index (χ4v) is 2.98. The summed E-state index contributed by atoms with van der Waals surface area (Å²) < 4.78 is 0. The molecule has 1 heterocycles. The van der Waals surface area contributed by atoms with Gasteiger partial charge in [-0.15, -0.1) is 0 Å².